The molecule has 2 rings (SSSR count). The minimum atomic E-state index is -0.124. The molecule has 0 aromatic heterocycles. The van der Waals surface area contributed by atoms with Crippen molar-refractivity contribution in [2.45, 2.75) is 25.7 Å². The normalized spacial score (nSPS) is 11.5. The Hall–Kier alpha value is -2.48. The minimum Gasteiger partial charge on any atom is -0.395 e. The molecule has 0 saturated heterocycles. The summed E-state index contributed by atoms with van der Waals surface area (Å²) >= 11 is 4.12. The number of aliphatic hydroxyl groups is 2. The number of hydrogen-bond acceptors (Lipinski definition) is 6. The topological polar surface area (TPSA) is 84.8 Å². The molecule has 0 heterocycles. The van der Waals surface area contributed by atoms with Crippen molar-refractivity contribution in [2.24, 2.45) is 0 Å². The Morgan fingerprint density at radius 3 is 2.36 bits per heavy atom. The zero-order valence-corrected chi connectivity index (χ0v) is 20.5. The molecular weight excluding hydrogens is 434 g/mol. The molecule has 0 aliphatic rings. The van der Waals surface area contributed by atoms with Crippen molar-refractivity contribution in [3.05, 3.63) is 65.7 Å². The molecule has 0 radical (unpaired) electrons. The molecule has 0 aliphatic carbocycles. The van der Waals surface area contributed by atoms with Gasteiger partial charge in [-0.25, -0.2) is 0 Å². The Labute approximate surface area is 203 Å². The number of amides is 1. The van der Waals surface area contributed by atoms with E-state index in [0.717, 1.165) is 28.9 Å². The summed E-state index contributed by atoms with van der Waals surface area (Å²) < 4.78 is 0. The van der Waals surface area contributed by atoms with Crippen molar-refractivity contribution in [3.8, 4) is 0 Å². The van der Waals surface area contributed by atoms with Crippen molar-refractivity contribution in [1.29, 1.82) is 0 Å². The van der Waals surface area contributed by atoms with E-state index < -0.39 is 0 Å². The number of allylic oxidation sites excluding steroid dienone is 1. The van der Waals surface area contributed by atoms with E-state index in [2.05, 4.69) is 55.3 Å². The van der Waals surface area contributed by atoms with E-state index >= 15 is 0 Å². The van der Waals surface area contributed by atoms with E-state index in [4.69, 9.17) is 0 Å². The SMILES string of the molecule is CC(C)(C/C=C/c1ccc(N(CCO)CCO)cc1)c1ccccc1NCC(=O)NCCS. The third kappa shape index (κ3) is 8.76. The van der Waals surface area contributed by atoms with Gasteiger partial charge in [-0.05, 0) is 41.2 Å². The van der Waals surface area contributed by atoms with E-state index in [-0.39, 0.29) is 31.1 Å². The summed E-state index contributed by atoms with van der Waals surface area (Å²) in [7, 11) is 0. The Morgan fingerprint density at radius 2 is 1.73 bits per heavy atom. The number of anilines is 2. The maximum Gasteiger partial charge on any atom is 0.239 e. The number of para-hydroxylation sites is 1. The lowest BCUT2D eigenvalue weighted by molar-refractivity contribution is -0.119. The molecule has 0 unspecified atom stereocenters. The monoisotopic (exact) mass is 471 g/mol. The van der Waals surface area contributed by atoms with Crippen LogP contribution in [0.15, 0.2) is 54.6 Å². The fraction of sp³-hybridized carbons (Fsp3) is 0.423. The maximum atomic E-state index is 12.0. The first-order chi connectivity index (χ1) is 15.9. The zero-order chi connectivity index (χ0) is 24.1. The largest absolute Gasteiger partial charge is 0.395 e. The van der Waals surface area contributed by atoms with Crippen molar-refractivity contribution in [2.75, 3.05) is 55.4 Å². The van der Waals surface area contributed by atoms with Crippen molar-refractivity contribution < 1.29 is 15.0 Å². The molecule has 2 aromatic carbocycles. The second-order valence-corrected chi connectivity index (χ2v) is 8.94. The highest BCUT2D eigenvalue weighted by molar-refractivity contribution is 7.80. The number of hydrogen-bond donors (Lipinski definition) is 5. The van der Waals surface area contributed by atoms with Crippen LogP contribution in [0.2, 0.25) is 0 Å². The van der Waals surface area contributed by atoms with Gasteiger partial charge in [0.15, 0.2) is 0 Å². The summed E-state index contributed by atoms with van der Waals surface area (Å²) in [5.41, 5.74) is 4.08. The van der Waals surface area contributed by atoms with Crippen LogP contribution in [0, 0.1) is 0 Å². The lowest BCUT2D eigenvalue weighted by Gasteiger charge is -2.27. The van der Waals surface area contributed by atoms with Gasteiger partial charge in [0.1, 0.15) is 0 Å². The van der Waals surface area contributed by atoms with Crippen LogP contribution in [0.3, 0.4) is 0 Å². The van der Waals surface area contributed by atoms with Gasteiger partial charge >= 0.3 is 0 Å². The molecule has 0 spiro atoms. The minimum absolute atomic E-state index is 0.0449. The van der Waals surface area contributed by atoms with Gasteiger partial charge in [-0.1, -0.05) is 56.3 Å². The summed E-state index contributed by atoms with van der Waals surface area (Å²) in [6.45, 7) is 6.27. The zero-order valence-electron chi connectivity index (χ0n) is 19.6. The second-order valence-electron chi connectivity index (χ2n) is 8.49. The number of benzene rings is 2. The molecule has 0 atom stereocenters. The highest BCUT2D eigenvalue weighted by atomic mass is 32.1. The van der Waals surface area contributed by atoms with Crippen LogP contribution in [-0.2, 0) is 10.2 Å². The van der Waals surface area contributed by atoms with Crippen molar-refractivity contribution in [1.82, 2.24) is 5.32 Å². The van der Waals surface area contributed by atoms with Crippen molar-refractivity contribution in [3.63, 3.8) is 0 Å². The number of nitrogens with zero attached hydrogens (tertiary/aromatic N) is 1. The summed E-state index contributed by atoms with van der Waals surface area (Å²) in [5.74, 6) is 0.574. The average Bonchev–Trinajstić information content (AvgIpc) is 2.82. The van der Waals surface area contributed by atoms with Gasteiger partial charge in [-0.15, -0.1) is 0 Å². The van der Waals surface area contributed by atoms with Crippen LogP contribution in [-0.4, -0.2) is 61.3 Å². The molecule has 180 valence electrons. The lowest BCUT2D eigenvalue weighted by Crippen LogP contribution is -2.31. The number of rotatable bonds is 14. The van der Waals surface area contributed by atoms with Crippen molar-refractivity contribution >= 4 is 36.0 Å². The number of carbonyl (C=O) groups is 1. The first kappa shape index (κ1) is 26.8. The Morgan fingerprint density at radius 1 is 1.06 bits per heavy atom. The quantitative estimate of drug-likeness (QED) is 0.273. The molecule has 1 amide bonds. The second kappa shape index (κ2) is 13.9. The summed E-state index contributed by atoms with van der Waals surface area (Å²) in [6.07, 6.45) is 5.11. The number of aliphatic hydroxyl groups excluding tert-OH is 2. The predicted molar refractivity (Wildman–Crippen MR) is 141 cm³/mol. The molecule has 33 heavy (non-hydrogen) atoms. The van der Waals surface area contributed by atoms with E-state index in [1.54, 1.807) is 0 Å². The molecular formula is C26H37N3O3S. The molecule has 6 nitrogen and oxygen atoms in total. The maximum absolute atomic E-state index is 12.0. The standard InChI is InChI=1S/C26H37N3O3S/c1-26(2,23-7-3-4-8-24(23)28-20-25(32)27-14-19-33)13-5-6-21-9-11-22(12-10-21)29(15-17-30)16-18-31/h3-12,28,30-31,33H,13-20H2,1-2H3,(H,27,32)/b6-5+. The average molecular weight is 472 g/mol. The van der Waals surface area contributed by atoms with Gasteiger partial charge in [0.2, 0.25) is 5.91 Å². The number of thiol groups is 1. The molecule has 0 bridgehead atoms. The number of carbonyl (C=O) groups excluding carboxylic acids is 1. The van der Waals surface area contributed by atoms with Gasteiger partial charge in [0, 0.05) is 36.8 Å². The van der Waals surface area contributed by atoms with Crippen LogP contribution >= 0.6 is 12.6 Å². The van der Waals surface area contributed by atoms with Crippen LogP contribution < -0.4 is 15.5 Å². The predicted octanol–water partition coefficient (Wildman–Crippen LogP) is 3.32. The Kier molecular flexibility index (Phi) is 11.3. The first-order valence-corrected chi connectivity index (χ1v) is 12.0. The van der Waals surface area contributed by atoms with E-state index in [0.29, 0.717) is 25.4 Å². The number of nitrogens with one attached hydrogen (secondary N) is 2. The molecule has 7 heteroatoms. The Balaban J connectivity index is 2.02. The third-order valence-electron chi connectivity index (χ3n) is 5.47. The molecule has 0 fully saturated rings. The fourth-order valence-electron chi connectivity index (χ4n) is 3.67. The molecule has 0 saturated carbocycles. The summed E-state index contributed by atoms with van der Waals surface area (Å²) in [5, 5.41) is 24.5. The van der Waals surface area contributed by atoms with E-state index in [1.807, 2.05) is 47.4 Å². The van der Waals surface area contributed by atoms with Crippen LogP contribution in [0.4, 0.5) is 11.4 Å². The van der Waals surface area contributed by atoms with Gasteiger partial charge in [0.05, 0.1) is 19.8 Å². The van der Waals surface area contributed by atoms with E-state index in [9.17, 15) is 15.0 Å². The van der Waals surface area contributed by atoms with Gasteiger partial charge < -0.3 is 25.7 Å². The molecule has 2 aromatic rings. The van der Waals surface area contributed by atoms with Gasteiger partial charge in [0.25, 0.3) is 0 Å². The van der Waals surface area contributed by atoms with Crippen LogP contribution in [0.5, 0.6) is 0 Å². The Bertz CT molecular complexity index is 879. The third-order valence-corrected chi connectivity index (χ3v) is 5.69. The highest BCUT2D eigenvalue weighted by Crippen LogP contribution is 2.33. The van der Waals surface area contributed by atoms with Crippen LogP contribution in [0.1, 0.15) is 31.4 Å². The first-order valence-electron chi connectivity index (χ1n) is 11.4. The molecule has 0 aliphatic heterocycles. The fourth-order valence-corrected chi connectivity index (χ4v) is 3.78. The summed E-state index contributed by atoms with van der Waals surface area (Å²) in [4.78, 5) is 13.9. The summed E-state index contributed by atoms with van der Waals surface area (Å²) in [6, 6.07) is 16.2. The lowest BCUT2D eigenvalue weighted by atomic mass is 9.80. The molecule has 4 N–H and O–H groups in total. The van der Waals surface area contributed by atoms with Crippen LogP contribution in [0.25, 0.3) is 6.08 Å². The smallest absolute Gasteiger partial charge is 0.239 e. The van der Waals surface area contributed by atoms with E-state index in [1.165, 1.54) is 0 Å². The van der Waals surface area contributed by atoms with Gasteiger partial charge in [-0.2, -0.15) is 12.6 Å². The van der Waals surface area contributed by atoms with Gasteiger partial charge in [-0.3, -0.25) is 4.79 Å². The highest BCUT2D eigenvalue weighted by Gasteiger charge is 2.22.